The lowest BCUT2D eigenvalue weighted by atomic mass is 9.99. The van der Waals surface area contributed by atoms with E-state index in [4.69, 9.17) is 32.7 Å². The summed E-state index contributed by atoms with van der Waals surface area (Å²) in [6, 6.07) is 4.95. The van der Waals surface area contributed by atoms with E-state index in [1.54, 1.807) is 32.0 Å². The van der Waals surface area contributed by atoms with E-state index in [0.717, 1.165) is 0 Å². The highest BCUT2D eigenvalue weighted by Gasteiger charge is 2.29. The van der Waals surface area contributed by atoms with Crippen LogP contribution in [0.3, 0.4) is 0 Å². The minimum absolute atomic E-state index is 0.161. The van der Waals surface area contributed by atoms with E-state index in [0.29, 0.717) is 15.6 Å². The lowest BCUT2D eigenvalue weighted by Crippen LogP contribution is -2.30. The highest BCUT2D eigenvalue weighted by Crippen LogP contribution is 2.24. The number of hydrogen-bond acceptors (Lipinski definition) is 4. The molecule has 1 aromatic carbocycles. The molecular formula is C14H16Cl2O4. The van der Waals surface area contributed by atoms with Crippen LogP contribution in [0.25, 0.3) is 0 Å². The molecule has 1 aromatic rings. The molecule has 0 heterocycles. The van der Waals surface area contributed by atoms with Crippen molar-refractivity contribution in [2.75, 3.05) is 13.2 Å². The van der Waals surface area contributed by atoms with E-state index in [1.165, 1.54) is 0 Å². The zero-order valence-electron chi connectivity index (χ0n) is 11.3. The lowest BCUT2D eigenvalue weighted by Gasteiger charge is -2.14. The number of ether oxygens (including phenoxy) is 2. The van der Waals surface area contributed by atoms with Crippen molar-refractivity contribution in [2.45, 2.75) is 20.3 Å². The van der Waals surface area contributed by atoms with Crippen LogP contribution in [0, 0.1) is 5.92 Å². The molecule has 0 aliphatic carbocycles. The molecule has 0 saturated carbocycles. The Balaban J connectivity index is 2.90. The van der Waals surface area contributed by atoms with Gasteiger partial charge in [-0.15, -0.1) is 0 Å². The predicted molar refractivity (Wildman–Crippen MR) is 76.9 cm³/mol. The Kier molecular flexibility index (Phi) is 6.82. The van der Waals surface area contributed by atoms with Gasteiger partial charge in [0.1, 0.15) is 0 Å². The monoisotopic (exact) mass is 318 g/mol. The molecule has 0 unspecified atom stereocenters. The van der Waals surface area contributed by atoms with Crippen LogP contribution >= 0.6 is 23.2 Å². The average molecular weight is 319 g/mol. The molecule has 6 heteroatoms. The Morgan fingerprint density at radius 3 is 2.05 bits per heavy atom. The Morgan fingerprint density at radius 2 is 1.60 bits per heavy atom. The first-order valence-corrected chi connectivity index (χ1v) is 7.02. The summed E-state index contributed by atoms with van der Waals surface area (Å²) in [6.07, 6.45) is 0.161. The normalized spacial score (nSPS) is 10.4. The summed E-state index contributed by atoms with van der Waals surface area (Å²) in [7, 11) is 0. The molecule has 0 amide bonds. The molecule has 0 radical (unpaired) electrons. The van der Waals surface area contributed by atoms with Crippen molar-refractivity contribution in [2.24, 2.45) is 5.92 Å². The molecule has 0 aromatic heterocycles. The second-order valence-corrected chi connectivity index (χ2v) is 4.82. The van der Waals surface area contributed by atoms with Crippen molar-refractivity contribution in [3.05, 3.63) is 33.8 Å². The summed E-state index contributed by atoms with van der Waals surface area (Å²) in [6.45, 7) is 3.77. The van der Waals surface area contributed by atoms with Crippen molar-refractivity contribution in [3.8, 4) is 0 Å². The topological polar surface area (TPSA) is 52.6 Å². The Hall–Kier alpha value is -1.26. The fourth-order valence-corrected chi connectivity index (χ4v) is 1.97. The molecule has 4 nitrogen and oxygen atoms in total. The molecule has 0 aliphatic rings. The number of hydrogen-bond donors (Lipinski definition) is 0. The van der Waals surface area contributed by atoms with Gasteiger partial charge >= 0.3 is 11.9 Å². The van der Waals surface area contributed by atoms with Crippen LogP contribution in [0.5, 0.6) is 0 Å². The third-order valence-electron chi connectivity index (χ3n) is 2.57. The fraction of sp³-hybridized carbons (Fsp3) is 0.429. The highest BCUT2D eigenvalue weighted by atomic mass is 35.5. The second kappa shape index (κ2) is 8.12. The molecular weight excluding hydrogens is 303 g/mol. The van der Waals surface area contributed by atoms with Gasteiger partial charge in [-0.2, -0.15) is 0 Å². The summed E-state index contributed by atoms with van der Waals surface area (Å²) < 4.78 is 9.80. The standard InChI is InChI=1S/C14H16Cl2O4/c1-3-19-13(17)10(14(18)20-4-2)7-9-5-6-11(15)12(16)8-9/h5-6,8,10H,3-4,7H2,1-2H3. The van der Waals surface area contributed by atoms with Crippen LogP contribution in [0.1, 0.15) is 19.4 Å². The van der Waals surface area contributed by atoms with Crippen molar-refractivity contribution in [3.63, 3.8) is 0 Å². The lowest BCUT2D eigenvalue weighted by molar-refractivity contribution is -0.161. The zero-order valence-corrected chi connectivity index (χ0v) is 12.8. The molecule has 0 saturated heterocycles. The van der Waals surface area contributed by atoms with E-state index in [9.17, 15) is 9.59 Å². The maximum Gasteiger partial charge on any atom is 0.320 e. The van der Waals surface area contributed by atoms with Crippen LogP contribution in [0.15, 0.2) is 18.2 Å². The first-order valence-electron chi connectivity index (χ1n) is 6.26. The Morgan fingerprint density at radius 1 is 1.05 bits per heavy atom. The van der Waals surface area contributed by atoms with E-state index in [1.807, 2.05) is 0 Å². The number of carbonyl (C=O) groups is 2. The molecule has 0 N–H and O–H groups in total. The van der Waals surface area contributed by atoms with Gasteiger partial charge in [0.2, 0.25) is 0 Å². The van der Waals surface area contributed by atoms with Gasteiger partial charge in [0.15, 0.2) is 5.92 Å². The molecule has 0 atom stereocenters. The van der Waals surface area contributed by atoms with Gasteiger partial charge in [-0.05, 0) is 38.0 Å². The second-order valence-electron chi connectivity index (χ2n) is 4.01. The quantitative estimate of drug-likeness (QED) is 0.596. The largest absolute Gasteiger partial charge is 0.465 e. The third-order valence-corrected chi connectivity index (χ3v) is 3.31. The van der Waals surface area contributed by atoms with E-state index in [2.05, 4.69) is 0 Å². The molecule has 20 heavy (non-hydrogen) atoms. The van der Waals surface area contributed by atoms with Crippen molar-refractivity contribution in [1.82, 2.24) is 0 Å². The van der Waals surface area contributed by atoms with Gasteiger partial charge in [-0.25, -0.2) is 0 Å². The molecule has 0 bridgehead atoms. The van der Waals surface area contributed by atoms with Crippen molar-refractivity contribution < 1.29 is 19.1 Å². The highest BCUT2D eigenvalue weighted by molar-refractivity contribution is 6.42. The summed E-state index contributed by atoms with van der Waals surface area (Å²) in [4.78, 5) is 23.7. The van der Waals surface area contributed by atoms with E-state index >= 15 is 0 Å². The number of rotatable bonds is 6. The Labute approximate surface area is 128 Å². The predicted octanol–water partition coefficient (Wildman–Crippen LogP) is 3.28. The first-order chi connectivity index (χ1) is 9.49. The number of benzene rings is 1. The average Bonchev–Trinajstić information content (AvgIpc) is 2.40. The number of carbonyl (C=O) groups excluding carboxylic acids is 2. The molecule has 0 fully saturated rings. The third kappa shape index (κ3) is 4.69. The fourth-order valence-electron chi connectivity index (χ4n) is 1.65. The van der Waals surface area contributed by atoms with E-state index < -0.39 is 17.9 Å². The van der Waals surface area contributed by atoms with Crippen molar-refractivity contribution >= 4 is 35.1 Å². The molecule has 1 rings (SSSR count). The Bertz CT molecular complexity index is 470. The number of esters is 2. The number of halogens is 2. The molecule has 0 aliphatic heterocycles. The van der Waals surface area contributed by atoms with Gasteiger partial charge in [-0.1, -0.05) is 29.3 Å². The maximum atomic E-state index is 11.8. The van der Waals surface area contributed by atoms with Crippen LogP contribution in [-0.4, -0.2) is 25.2 Å². The van der Waals surface area contributed by atoms with Crippen LogP contribution in [0.2, 0.25) is 10.0 Å². The van der Waals surface area contributed by atoms with Crippen LogP contribution in [-0.2, 0) is 25.5 Å². The summed E-state index contributed by atoms with van der Waals surface area (Å²) in [5.74, 6) is -2.19. The molecule has 0 spiro atoms. The van der Waals surface area contributed by atoms with Gasteiger partial charge in [0.25, 0.3) is 0 Å². The summed E-state index contributed by atoms with van der Waals surface area (Å²) in [5.41, 5.74) is 0.713. The molecule has 110 valence electrons. The van der Waals surface area contributed by atoms with Crippen LogP contribution < -0.4 is 0 Å². The van der Waals surface area contributed by atoms with Gasteiger partial charge < -0.3 is 9.47 Å². The van der Waals surface area contributed by atoms with Crippen LogP contribution in [0.4, 0.5) is 0 Å². The van der Waals surface area contributed by atoms with Gasteiger partial charge in [0.05, 0.1) is 23.3 Å². The summed E-state index contributed by atoms with van der Waals surface area (Å²) >= 11 is 11.7. The minimum atomic E-state index is -0.993. The smallest absolute Gasteiger partial charge is 0.320 e. The van der Waals surface area contributed by atoms with Crippen molar-refractivity contribution in [1.29, 1.82) is 0 Å². The zero-order chi connectivity index (χ0) is 15.1. The first kappa shape index (κ1) is 16.8. The maximum absolute atomic E-state index is 11.8. The minimum Gasteiger partial charge on any atom is -0.465 e. The van der Waals surface area contributed by atoms with Gasteiger partial charge in [0, 0.05) is 0 Å². The van der Waals surface area contributed by atoms with E-state index in [-0.39, 0.29) is 19.6 Å². The van der Waals surface area contributed by atoms with Gasteiger partial charge in [-0.3, -0.25) is 9.59 Å². The summed E-state index contributed by atoms with van der Waals surface area (Å²) in [5, 5.41) is 0.787. The SMILES string of the molecule is CCOC(=O)C(Cc1ccc(Cl)c(Cl)c1)C(=O)OCC.